The lowest BCUT2D eigenvalue weighted by molar-refractivity contribution is 0.250. The van der Waals surface area contributed by atoms with Crippen LogP contribution in [0, 0.1) is 5.41 Å². The minimum atomic E-state index is -2.82. The van der Waals surface area contributed by atoms with Crippen LogP contribution in [0.5, 0.6) is 5.75 Å². The Balaban J connectivity index is 1.60. The van der Waals surface area contributed by atoms with Crippen LogP contribution in [0.1, 0.15) is 0 Å². The lowest BCUT2D eigenvalue weighted by Crippen LogP contribution is -2.68. The molecular weight excluding hydrogens is 273 g/mol. The highest BCUT2D eigenvalue weighted by Crippen LogP contribution is 2.42. The molecule has 2 saturated heterocycles. The molecule has 19 heavy (non-hydrogen) atoms. The van der Waals surface area contributed by atoms with Gasteiger partial charge in [0.25, 0.3) is 0 Å². The molecule has 102 valence electrons. The Hall–Kier alpha value is -1.39. The van der Waals surface area contributed by atoms with Gasteiger partial charge in [-0.05, 0) is 0 Å². The number of anilines is 1. The summed E-state index contributed by atoms with van der Waals surface area (Å²) in [7, 11) is -4.72. The van der Waals surface area contributed by atoms with Gasteiger partial charge >= 0.3 is 7.32 Å². The van der Waals surface area contributed by atoms with Crippen molar-refractivity contribution in [3.05, 3.63) is 12.4 Å². The average Bonchev–Trinajstić information content (AvgIpc) is 2.22. The SMILES string of the molecule is O=S1(=O)CC2(CN(c3ncc(OB(O)O)cn3)C2)C1. The van der Waals surface area contributed by atoms with Crippen molar-refractivity contribution in [3.63, 3.8) is 0 Å². The molecule has 2 fully saturated rings. The minimum absolute atomic E-state index is 0.112. The van der Waals surface area contributed by atoms with Crippen molar-refractivity contribution in [1.82, 2.24) is 9.97 Å². The molecule has 1 spiro atoms. The number of hydrogen-bond acceptors (Lipinski definition) is 8. The van der Waals surface area contributed by atoms with Crippen LogP contribution in [0.15, 0.2) is 12.4 Å². The van der Waals surface area contributed by atoms with Gasteiger partial charge in [0.2, 0.25) is 5.95 Å². The second-order valence-electron chi connectivity index (χ2n) is 5.05. The molecule has 0 aliphatic carbocycles. The lowest BCUT2D eigenvalue weighted by atomic mass is 9.83. The zero-order chi connectivity index (χ0) is 13.7. The molecule has 0 atom stereocenters. The second kappa shape index (κ2) is 4.05. The van der Waals surface area contributed by atoms with E-state index in [-0.39, 0.29) is 22.7 Å². The van der Waals surface area contributed by atoms with Gasteiger partial charge in [0.1, 0.15) is 5.75 Å². The highest BCUT2D eigenvalue weighted by atomic mass is 32.2. The highest BCUT2D eigenvalue weighted by molar-refractivity contribution is 7.92. The Kier molecular flexibility index (Phi) is 2.70. The van der Waals surface area contributed by atoms with Crippen molar-refractivity contribution in [2.45, 2.75) is 0 Å². The third-order valence-corrected chi connectivity index (χ3v) is 5.35. The van der Waals surface area contributed by atoms with Crippen LogP contribution in [-0.4, -0.2) is 60.4 Å². The normalized spacial score (nSPS) is 22.5. The molecule has 2 aliphatic rings. The standard InChI is InChI=1S/C9H12BN3O5S/c14-10(15)18-7-1-11-8(12-2-7)13-3-9(4-13)5-19(16,17)6-9/h1-2,14-15H,3-6H2. The summed E-state index contributed by atoms with van der Waals surface area (Å²) in [5.41, 5.74) is -0.112. The molecule has 10 heteroatoms. The predicted octanol–water partition coefficient (Wildman–Crippen LogP) is -1.94. The predicted molar refractivity (Wildman–Crippen MR) is 66.2 cm³/mol. The van der Waals surface area contributed by atoms with Crippen molar-refractivity contribution in [2.75, 3.05) is 29.5 Å². The topological polar surface area (TPSA) is 113 Å². The van der Waals surface area contributed by atoms with Gasteiger partial charge in [-0.15, -0.1) is 0 Å². The number of hydrogen-bond donors (Lipinski definition) is 2. The maximum absolute atomic E-state index is 11.2. The van der Waals surface area contributed by atoms with Crippen molar-refractivity contribution in [3.8, 4) is 5.75 Å². The average molecular weight is 285 g/mol. The van der Waals surface area contributed by atoms with Crippen molar-refractivity contribution in [1.29, 1.82) is 0 Å². The van der Waals surface area contributed by atoms with Crippen LogP contribution < -0.4 is 9.55 Å². The van der Waals surface area contributed by atoms with E-state index in [1.54, 1.807) is 0 Å². The van der Waals surface area contributed by atoms with Gasteiger partial charge in [0.15, 0.2) is 9.84 Å². The first-order valence-electron chi connectivity index (χ1n) is 5.68. The fourth-order valence-corrected chi connectivity index (χ4v) is 4.78. The number of nitrogens with zero attached hydrogens (tertiary/aromatic N) is 3. The summed E-state index contributed by atoms with van der Waals surface area (Å²) < 4.78 is 26.9. The molecular formula is C9H12BN3O5S. The van der Waals surface area contributed by atoms with E-state index in [1.165, 1.54) is 12.4 Å². The van der Waals surface area contributed by atoms with E-state index in [2.05, 4.69) is 14.6 Å². The van der Waals surface area contributed by atoms with Gasteiger partial charge in [-0.1, -0.05) is 0 Å². The first-order valence-corrected chi connectivity index (χ1v) is 7.50. The van der Waals surface area contributed by atoms with Gasteiger partial charge in [-0.2, -0.15) is 0 Å². The zero-order valence-corrected chi connectivity index (χ0v) is 10.7. The zero-order valence-electron chi connectivity index (χ0n) is 9.93. The molecule has 3 heterocycles. The molecule has 0 bridgehead atoms. The van der Waals surface area contributed by atoms with E-state index in [1.807, 2.05) is 4.90 Å². The Morgan fingerprint density at radius 3 is 2.32 bits per heavy atom. The molecule has 0 unspecified atom stereocenters. The van der Waals surface area contributed by atoms with E-state index in [4.69, 9.17) is 10.0 Å². The van der Waals surface area contributed by atoms with Crippen LogP contribution >= 0.6 is 0 Å². The summed E-state index contributed by atoms with van der Waals surface area (Å²) in [4.78, 5) is 9.95. The van der Waals surface area contributed by atoms with Crippen LogP contribution in [0.2, 0.25) is 0 Å². The minimum Gasteiger partial charge on any atom is -0.509 e. The van der Waals surface area contributed by atoms with E-state index >= 15 is 0 Å². The number of aromatic nitrogens is 2. The van der Waals surface area contributed by atoms with E-state index < -0.39 is 17.2 Å². The summed E-state index contributed by atoms with van der Waals surface area (Å²) in [6.07, 6.45) is 2.68. The first kappa shape index (κ1) is 12.6. The van der Waals surface area contributed by atoms with Crippen LogP contribution in [0.4, 0.5) is 5.95 Å². The van der Waals surface area contributed by atoms with Crippen LogP contribution in [0.3, 0.4) is 0 Å². The molecule has 0 amide bonds. The van der Waals surface area contributed by atoms with E-state index in [9.17, 15) is 8.42 Å². The lowest BCUT2D eigenvalue weighted by Gasteiger charge is -2.54. The van der Waals surface area contributed by atoms with Crippen molar-refractivity contribution >= 4 is 23.1 Å². The Labute approximate surface area is 110 Å². The molecule has 1 aromatic rings. The fraction of sp³-hybridized carbons (Fsp3) is 0.556. The maximum Gasteiger partial charge on any atom is 0.707 e. The molecule has 2 N–H and O–H groups in total. The van der Waals surface area contributed by atoms with E-state index in [0.717, 1.165) is 0 Å². The maximum atomic E-state index is 11.2. The molecule has 2 aliphatic heterocycles. The Morgan fingerprint density at radius 1 is 1.26 bits per heavy atom. The van der Waals surface area contributed by atoms with Gasteiger partial charge in [0, 0.05) is 18.5 Å². The Bertz CT molecular complexity index is 570. The summed E-state index contributed by atoms with van der Waals surface area (Å²) in [6, 6.07) is 0. The summed E-state index contributed by atoms with van der Waals surface area (Å²) in [6.45, 7) is 1.27. The van der Waals surface area contributed by atoms with Gasteiger partial charge in [0.05, 0.1) is 23.9 Å². The second-order valence-corrected chi connectivity index (χ2v) is 7.12. The monoisotopic (exact) mass is 285 g/mol. The van der Waals surface area contributed by atoms with Crippen molar-refractivity contribution < 1.29 is 23.1 Å². The summed E-state index contributed by atoms with van der Waals surface area (Å²) >= 11 is 0. The molecule has 8 nitrogen and oxygen atoms in total. The quantitative estimate of drug-likeness (QED) is 0.617. The molecule has 0 aromatic carbocycles. The van der Waals surface area contributed by atoms with Crippen LogP contribution in [-0.2, 0) is 9.84 Å². The Morgan fingerprint density at radius 2 is 1.84 bits per heavy atom. The first-order chi connectivity index (χ1) is 8.88. The molecule has 3 rings (SSSR count). The van der Waals surface area contributed by atoms with E-state index in [0.29, 0.717) is 19.0 Å². The fourth-order valence-electron chi connectivity index (χ4n) is 2.63. The van der Waals surface area contributed by atoms with Gasteiger partial charge < -0.3 is 19.6 Å². The largest absolute Gasteiger partial charge is 0.707 e. The third kappa shape index (κ3) is 2.38. The smallest absolute Gasteiger partial charge is 0.509 e. The highest BCUT2D eigenvalue weighted by Gasteiger charge is 2.56. The number of rotatable bonds is 3. The van der Waals surface area contributed by atoms with Crippen LogP contribution in [0.25, 0.3) is 0 Å². The summed E-state index contributed by atoms with van der Waals surface area (Å²) in [5.74, 6) is 1.12. The molecule has 0 radical (unpaired) electrons. The number of sulfone groups is 1. The summed E-state index contributed by atoms with van der Waals surface area (Å²) in [5, 5.41) is 17.2. The van der Waals surface area contributed by atoms with Gasteiger partial charge in [-0.25, -0.2) is 18.4 Å². The van der Waals surface area contributed by atoms with Crippen molar-refractivity contribution in [2.24, 2.45) is 5.41 Å². The van der Waals surface area contributed by atoms with Gasteiger partial charge in [-0.3, -0.25) is 0 Å². The molecule has 0 saturated carbocycles. The molecule has 1 aromatic heterocycles. The third-order valence-electron chi connectivity index (χ3n) is 3.24.